The number of imide groups is 1. The van der Waals surface area contributed by atoms with Crippen LogP contribution < -0.4 is 16.0 Å². The lowest BCUT2D eigenvalue weighted by molar-refractivity contribution is -0.147. The number of carbonyl (C=O) groups excluding carboxylic acids is 4. The Kier molecular flexibility index (Phi) is 9.82. The molecule has 4 aromatic carbocycles. The van der Waals surface area contributed by atoms with E-state index in [-0.39, 0.29) is 18.4 Å². The van der Waals surface area contributed by atoms with Gasteiger partial charge in [-0.1, -0.05) is 97.4 Å². The van der Waals surface area contributed by atoms with Crippen LogP contribution in [-0.4, -0.2) is 35.8 Å². The Hall–Kier alpha value is -4.82. The molecule has 1 saturated carbocycles. The van der Waals surface area contributed by atoms with Gasteiger partial charge in [0.15, 0.2) is 0 Å². The number of hydrogen-bond donors (Lipinski definition) is 2. The molecule has 1 fully saturated rings. The summed E-state index contributed by atoms with van der Waals surface area (Å²) in [6.07, 6.45) is 1.81. The largest absolute Gasteiger partial charge is 0.461 e. The molecule has 0 bridgehead atoms. The number of anilines is 1. The van der Waals surface area contributed by atoms with E-state index in [1.54, 1.807) is 12.1 Å². The van der Waals surface area contributed by atoms with Gasteiger partial charge >= 0.3 is 5.97 Å². The topological polar surface area (TPSA) is 119 Å². The Morgan fingerprint density at radius 2 is 1.52 bits per heavy atom. The molecule has 5 rings (SSSR count). The van der Waals surface area contributed by atoms with Crippen molar-refractivity contribution in [3.05, 3.63) is 114 Å². The van der Waals surface area contributed by atoms with Crippen molar-refractivity contribution in [1.29, 1.82) is 0 Å². The number of nitrogens with one attached hydrogen (secondary N) is 1. The van der Waals surface area contributed by atoms with Gasteiger partial charge in [0.1, 0.15) is 12.6 Å². The summed E-state index contributed by atoms with van der Waals surface area (Å²) in [4.78, 5) is 55.8. The fourth-order valence-corrected chi connectivity index (χ4v) is 5.82. The van der Waals surface area contributed by atoms with E-state index in [0.717, 1.165) is 39.6 Å². The summed E-state index contributed by atoms with van der Waals surface area (Å²) < 4.78 is 5.45. The van der Waals surface area contributed by atoms with Crippen molar-refractivity contribution in [3.8, 4) is 0 Å². The summed E-state index contributed by atoms with van der Waals surface area (Å²) >= 11 is 0. The van der Waals surface area contributed by atoms with Gasteiger partial charge in [0.25, 0.3) is 5.91 Å². The fraction of sp³-hybridized carbons (Fsp3) is 0.278. The van der Waals surface area contributed by atoms with Gasteiger partial charge in [-0.25, -0.2) is 4.90 Å². The molecule has 8 heteroatoms. The Balaban J connectivity index is 1.49. The molecule has 0 radical (unpaired) electrons. The smallest absolute Gasteiger partial charge is 0.308 e. The van der Waals surface area contributed by atoms with Crippen LogP contribution in [0.2, 0.25) is 0 Å². The molecule has 1 aliphatic rings. The van der Waals surface area contributed by atoms with E-state index in [9.17, 15) is 19.2 Å². The second kappa shape index (κ2) is 14.1. The lowest BCUT2D eigenvalue weighted by Gasteiger charge is -2.30. The maximum absolute atomic E-state index is 14.5. The Morgan fingerprint density at radius 3 is 2.23 bits per heavy atom. The second-order valence-corrected chi connectivity index (χ2v) is 11.3. The van der Waals surface area contributed by atoms with Crippen LogP contribution in [0.4, 0.5) is 5.69 Å². The quantitative estimate of drug-likeness (QED) is 0.243. The standard InChI is InChI=1S/C36H37N3O5/c1-24(37)34(41)38-32(22-33(40)44-23-25-11-4-2-5-12-25)36(43)39(29-20-19-26-13-8-9-16-28(26)21-29)35(42)31-18-10-17-30(31)27-14-6-3-7-15-27/h2-9,11-16,19-21,24,30-32H,10,17-18,22-23,37H2,1H3,(H,38,41)/t24-,30+,31+,32-/m0/s1. The molecule has 0 aromatic heterocycles. The first-order valence-corrected chi connectivity index (χ1v) is 15.0. The van der Waals surface area contributed by atoms with E-state index in [0.29, 0.717) is 12.1 Å². The second-order valence-electron chi connectivity index (χ2n) is 11.3. The molecule has 3 amide bonds. The predicted octanol–water partition coefficient (Wildman–Crippen LogP) is 5.25. The highest BCUT2D eigenvalue weighted by Gasteiger charge is 2.41. The highest BCUT2D eigenvalue weighted by molar-refractivity contribution is 6.19. The highest BCUT2D eigenvalue weighted by Crippen LogP contribution is 2.41. The molecule has 4 atom stereocenters. The van der Waals surface area contributed by atoms with Crippen molar-refractivity contribution in [2.45, 2.75) is 57.2 Å². The molecule has 3 N–H and O–H groups in total. The third kappa shape index (κ3) is 7.21. The van der Waals surface area contributed by atoms with Crippen molar-refractivity contribution in [2.24, 2.45) is 11.7 Å². The Morgan fingerprint density at radius 1 is 0.864 bits per heavy atom. The normalized spacial score (nSPS) is 17.4. The molecule has 226 valence electrons. The number of nitrogens with zero attached hydrogens (tertiary/aromatic N) is 1. The number of carbonyl (C=O) groups is 4. The van der Waals surface area contributed by atoms with Gasteiger partial charge in [0.2, 0.25) is 11.8 Å². The average Bonchev–Trinajstić information content (AvgIpc) is 3.54. The number of nitrogens with two attached hydrogens (primary N) is 1. The highest BCUT2D eigenvalue weighted by atomic mass is 16.5. The number of benzene rings is 4. The van der Waals surface area contributed by atoms with Crippen LogP contribution in [0, 0.1) is 5.92 Å². The van der Waals surface area contributed by atoms with E-state index >= 15 is 0 Å². The molecule has 0 saturated heterocycles. The monoisotopic (exact) mass is 591 g/mol. The van der Waals surface area contributed by atoms with Gasteiger partial charge in [0, 0.05) is 5.92 Å². The summed E-state index contributed by atoms with van der Waals surface area (Å²) in [5.41, 5.74) is 8.02. The third-order valence-electron chi connectivity index (χ3n) is 8.13. The van der Waals surface area contributed by atoms with Crippen LogP contribution in [0.3, 0.4) is 0 Å². The van der Waals surface area contributed by atoms with Crippen LogP contribution in [0.25, 0.3) is 10.8 Å². The first-order valence-electron chi connectivity index (χ1n) is 15.0. The zero-order chi connectivity index (χ0) is 31.1. The van der Waals surface area contributed by atoms with Crippen molar-refractivity contribution in [1.82, 2.24) is 5.32 Å². The number of esters is 1. The van der Waals surface area contributed by atoms with Gasteiger partial charge in [-0.2, -0.15) is 0 Å². The zero-order valence-electron chi connectivity index (χ0n) is 24.7. The Bertz CT molecular complexity index is 1620. The number of rotatable bonds is 10. The maximum Gasteiger partial charge on any atom is 0.308 e. The minimum atomic E-state index is -1.37. The fourth-order valence-electron chi connectivity index (χ4n) is 5.82. The minimum absolute atomic E-state index is 0.00989. The molecular weight excluding hydrogens is 554 g/mol. The van der Waals surface area contributed by atoms with Gasteiger partial charge in [-0.15, -0.1) is 0 Å². The number of ether oxygens (including phenoxy) is 1. The van der Waals surface area contributed by atoms with Crippen LogP contribution >= 0.6 is 0 Å². The Labute approximate surface area is 257 Å². The van der Waals surface area contributed by atoms with Gasteiger partial charge in [0.05, 0.1) is 18.2 Å². The molecule has 8 nitrogen and oxygen atoms in total. The molecule has 44 heavy (non-hydrogen) atoms. The van der Waals surface area contributed by atoms with Gasteiger partial charge in [-0.3, -0.25) is 19.2 Å². The van der Waals surface area contributed by atoms with Crippen molar-refractivity contribution in [2.75, 3.05) is 4.90 Å². The molecule has 1 aliphatic carbocycles. The van der Waals surface area contributed by atoms with Crippen LogP contribution in [0.5, 0.6) is 0 Å². The van der Waals surface area contributed by atoms with Crippen molar-refractivity contribution >= 4 is 40.2 Å². The third-order valence-corrected chi connectivity index (χ3v) is 8.13. The summed E-state index contributed by atoms with van der Waals surface area (Å²) in [7, 11) is 0. The summed E-state index contributed by atoms with van der Waals surface area (Å²) in [5, 5.41) is 4.41. The first-order chi connectivity index (χ1) is 21.3. The SMILES string of the molecule is C[C@H](N)C(=O)N[C@@H](CC(=O)OCc1ccccc1)C(=O)N(C(=O)[C@@H]1CCC[C@@H]1c1ccccc1)c1ccc2ccccc2c1. The van der Waals surface area contributed by atoms with E-state index in [1.165, 1.54) is 6.92 Å². The summed E-state index contributed by atoms with van der Waals surface area (Å²) in [6.45, 7) is 1.50. The van der Waals surface area contributed by atoms with Crippen LogP contribution in [-0.2, 0) is 30.5 Å². The zero-order valence-corrected chi connectivity index (χ0v) is 24.7. The lowest BCUT2D eigenvalue weighted by Crippen LogP contribution is -2.55. The first kappa shape index (κ1) is 30.6. The van der Waals surface area contributed by atoms with E-state index in [4.69, 9.17) is 10.5 Å². The van der Waals surface area contributed by atoms with E-state index in [2.05, 4.69) is 5.32 Å². The van der Waals surface area contributed by atoms with Gasteiger partial charge in [-0.05, 0) is 59.7 Å². The van der Waals surface area contributed by atoms with E-state index in [1.807, 2.05) is 91.0 Å². The molecule has 4 aromatic rings. The molecule has 0 spiro atoms. The summed E-state index contributed by atoms with van der Waals surface area (Å²) in [6, 6.07) is 29.7. The molecule has 0 aliphatic heterocycles. The van der Waals surface area contributed by atoms with Crippen LogP contribution in [0.1, 0.15) is 49.7 Å². The molecule has 0 heterocycles. The lowest BCUT2D eigenvalue weighted by atomic mass is 9.87. The van der Waals surface area contributed by atoms with Gasteiger partial charge < -0.3 is 15.8 Å². The number of fused-ring (bicyclic) bond motifs is 1. The van der Waals surface area contributed by atoms with Crippen molar-refractivity contribution in [3.63, 3.8) is 0 Å². The van der Waals surface area contributed by atoms with Crippen LogP contribution in [0.15, 0.2) is 103 Å². The summed E-state index contributed by atoms with van der Waals surface area (Å²) in [5.74, 6) is -2.90. The minimum Gasteiger partial charge on any atom is -0.461 e. The average molecular weight is 592 g/mol. The molecular formula is C36H37N3O5. The van der Waals surface area contributed by atoms with E-state index < -0.39 is 42.2 Å². The molecule has 0 unspecified atom stereocenters. The predicted molar refractivity (Wildman–Crippen MR) is 169 cm³/mol. The number of hydrogen-bond acceptors (Lipinski definition) is 6. The van der Waals surface area contributed by atoms with Crippen molar-refractivity contribution < 1.29 is 23.9 Å². The maximum atomic E-state index is 14.5. The number of amides is 3.